The Morgan fingerprint density at radius 2 is 2.33 bits per heavy atom. The molecule has 1 aromatic heterocycles. The molecule has 0 saturated carbocycles. The zero-order valence-corrected chi connectivity index (χ0v) is 10.5. The van der Waals surface area contributed by atoms with Crippen LogP contribution in [0.4, 0.5) is 4.39 Å². The van der Waals surface area contributed by atoms with Crippen LogP contribution in [0.1, 0.15) is 30.8 Å². The Hall–Kier alpha value is -1.68. The summed E-state index contributed by atoms with van der Waals surface area (Å²) in [5.41, 5.74) is 0.972. The first-order valence-electron chi connectivity index (χ1n) is 6.26. The number of aromatic nitrogens is 2. The highest BCUT2D eigenvalue weighted by molar-refractivity contribution is 5.18. The fourth-order valence-electron chi connectivity index (χ4n) is 1.95. The van der Waals surface area contributed by atoms with E-state index in [0.29, 0.717) is 0 Å². The number of halogens is 1. The van der Waals surface area contributed by atoms with Gasteiger partial charge >= 0.3 is 0 Å². The minimum Gasteiger partial charge on any atom is -0.347 e. The molecule has 0 radical (unpaired) electrons. The number of H-pyrrole nitrogens is 1. The summed E-state index contributed by atoms with van der Waals surface area (Å²) >= 11 is 0. The molecule has 1 aromatic carbocycles. The van der Waals surface area contributed by atoms with Crippen LogP contribution in [-0.2, 0) is 6.42 Å². The van der Waals surface area contributed by atoms with Crippen LogP contribution in [0.5, 0.6) is 0 Å². The zero-order valence-electron chi connectivity index (χ0n) is 10.5. The van der Waals surface area contributed by atoms with E-state index >= 15 is 0 Å². The van der Waals surface area contributed by atoms with Crippen molar-refractivity contribution >= 4 is 0 Å². The van der Waals surface area contributed by atoms with Gasteiger partial charge in [0.15, 0.2) is 0 Å². The fraction of sp³-hybridized carbons (Fsp3) is 0.357. The van der Waals surface area contributed by atoms with Crippen LogP contribution in [0.25, 0.3) is 0 Å². The standard InChI is InChI=1S/C14H18FN3/c1-2-6-16-13(14-17-7-8-18-14)10-11-4-3-5-12(15)9-11/h3-5,7-9,13,16H,2,6,10H2,1H3,(H,17,18). The van der Waals surface area contributed by atoms with Gasteiger partial charge in [0.2, 0.25) is 0 Å². The Labute approximate surface area is 106 Å². The van der Waals surface area contributed by atoms with E-state index < -0.39 is 0 Å². The predicted molar refractivity (Wildman–Crippen MR) is 69.7 cm³/mol. The molecule has 18 heavy (non-hydrogen) atoms. The van der Waals surface area contributed by atoms with E-state index in [9.17, 15) is 4.39 Å². The Bertz CT molecular complexity index is 468. The molecule has 0 saturated heterocycles. The lowest BCUT2D eigenvalue weighted by Crippen LogP contribution is -2.25. The summed E-state index contributed by atoms with van der Waals surface area (Å²) in [5, 5.41) is 3.42. The third-order valence-corrected chi connectivity index (χ3v) is 2.82. The molecule has 1 heterocycles. The second-order valence-corrected chi connectivity index (χ2v) is 4.32. The smallest absolute Gasteiger partial charge is 0.123 e. The lowest BCUT2D eigenvalue weighted by atomic mass is 10.1. The second-order valence-electron chi connectivity index (χ2n) is 4.32. The van der Waals surface area contributed by atoms with E-state index in [-0.39, 0.29) is 11.9 Å². The molecule has 4 heteroatoms. The van der Waals surface area contributed by atoms with Gasteiger partial charge in [0, 0.05) is 12.4 Å². The highest BCUT2D eigenvalue weighted by Gasteiger charge is 2.13. The van der Waals surface area contributed by atoms with Gasteiger partial charge in [-0.1, -0.05) is 19.1 Å². The molecule has 0 bridgehead atoms. The van der Waals surface area contributed by atoms with Crippen molar-refractivity contribution in [2.45, 2.75) is 25.8 Å². The van der Waals surface area contributed by atoms with Gasteiger partial charge in [0.05, 0.1) is 6.04 Å². The van der Waals surface area contributed by atoms with Gasteiger partial charge < -0.3 is 10.3 Å². The van der Waals surface area contributed by atoms with E-state index in [1.807, 2.05) is 12.3 Å². The van der Waals surface area contributed by atoms with Crippen molar-refractivity contribution in [2.24, 2.45) is 0 Å². The largest absolute Gasteiger partial charge is 0.347 e. The van der Waals surface area contributed by atoms with Crippen molar-refractivity contribution in [3.8, 4) is 0 Å². The molecule has 3 nitrogen and oxygen atoms in total. The van der Waals surface area contributed by atoms with E-state index in [2.05, 4.69) is 22.2 Å². The quantitative estimate of drug-likeness (QED) is 0.824. The van der Waals surface area contributed by atoms with Crippen LogP contribution in [-0.4, -0.2) is 16.5 Å². The molecule has 0 aliphatic rings. The van der Waals surface area contributed by atoms with E-state index in [1.165, 1.54) is 6.07 Å². The average Bonchev–Trinajstić information content (AvgIpc) is 2.88. The van der Waals surface area contributed by atoms with Crippen LogP contribution in [0.15, 0.2) is 36.7 Å². The number of nitrogens with one attached hydrogen (secondary N) is 2. The number of benzene rings is 1. The lowest BCUT2D eigenvalue weighted by molar-refractivity contribution is 0.507. The van der Waals surface area contributed by atoms with Crippen molar-refractivity contribution < 1.29 is 4.39 Å². The van der Waals surface area contributed by atoms with Crippen molar-refractivity contribution in [3.05, 3.63) is 53.9 Å². The number of imidazole rings is 1. The molecule has 0 fully saturated rings. The summed E-state index contributed by atoms with van der Waals surface area (Å²) in [7, 11) is 0. The van der Waals surface area contributed by atoms with Crippen molar-refractivity contribution in [1.82, 2.24) is 15.3 Å². The molecule has 2 aromatic rings. The number of hydrogen-bond acceptors (Lipinski definition) is 2. The van der Waals surface area contributed by atoms with Crippen molar-refractivity contribution in [2.75, 3.05) is 6.54 Å². The first kappa shape index (κ1) is 12.8. The van der Waals surface area contributed by atoms with E-state index in [0.717, 1.165) is 30.8 Å². The Kier molecular flexibility index (Phi) is 4.47. The molecular weight excluding hydrogens is 229 g/mol. The van der Waals surface area contributed by atoms with Gasteiger partial charge in [0.1, 0.15) is 11.6 Å². The summed E-state index contributed by atoms with van der Waals surface area (Å²) in [6.45, 7) is 3.04. The van der Waals surface area contributed by atoms with Crippen LogP contribution in [0.2, 0.25) is 0 Å². The minimum absolute atomic E-state index is 0.0988. The highest BCUT2D eigenvalue weighted by atomic mass is 19.1. The molecule has 0 aliphatic carbocycles. The SMILES string of the molecule is CCCNC(Cc1cccc(F)c1)c1ncc[nH]1. The Morgan fingerprint density at radius 1 is 1.44 bits per heavy atom. The van der Waals surface area contributed by atoms with Gasteiger partial charge in [0.25, 0.3) is 0 Å². The summed E-state index contributed by atoms with van der Waals surface area (Å²) in [6, 6.07) is 6.81. The maximum atomic E-state index is 13.2. The average molecular weight is 247 g/mol. The summed E-state index contributed by atoms with van der Waals surface area (Å²) in [6.07, 6.45) is 5.33. The third kappa shape index (κ3) is 3.40. The van der Waals surface area contributed by atoms with Gasteiger partial charge in [-0.05, 0) is 37.1 Å². The Morgan fingerprint density at radius 3 is 3.00 bits per heavy atom. The summed E-state index contributed by atoms with van der Waals surface area (Å²) in [5.74, 6) is 0.703. The number of hydrogen-bond donors (Lipinski definition) is 2. The molecular formula is C14H18FN3. The van der Waals surface area contributed by atoms with Gasteiger partial charge in [-0.2, -0.15) is 0 Å². The van der Waals surface area contributed by atoms with Gasteiger partial charge in [-0.25, -0.2) is 9.37 Å². The molecule has 0 amide bonds. The number of aromatic amines is 1. The van der Waals surface area contributed by atoms with E-state index in [1.54, 1.807) is 18.3 Å². The molecule has 96 valence electrons. The molecule has 2 N–H and O–H groups in total. The molecule has 2 rings (SSSR count). The molecule has 0 spiro atoms. The molecule has 1 atom stereocenters. The maximum Gasteiger partial charge on any atom is 0.123 e. The predicted octanol–water partition coefficient (Wildman–Crippen LogP) is 2.83. The fourth-order valence-corrected chi connectivity index (χ4v) is 1.95. The molecule has 0 aliphatic heterocycles. The van der Waals surface area contributed by atoms with Crippen LogP contribution >= 0.6 is 0 Å². The Balaban J connectivity index is 2.10. The third-order valence-electron chi connectivity index (χ3n) is 2.82. The van der Waals surface area contributed by atoms with Crippen LogP contribution < -0.4 is 5.32 Å². The zero-order chi connectivity index (χ0) is 12.8. The van der Waals surface area contributed by atoms with E-state index in [4.69, 9.17) is 0 Å². The number of nitrogens with zero attached hydrogens (tertiary/aromatic N) is 1. The maximum absolute atomic E-state index is 13.2. The highest BCUT2D eigenvalue weighted by Crippen LogP contribution is 2.15. The van der Waals surface area contributed by atoms with Crippen molar-refractivity contribution in [3.63, 3.8) is 0 Å². The topological polar surface area (TPSA) is 40.7 Å². The monoisotopic (exact) mass is 247 g/mol. The lowest BCUT2D eigenvalue weighted by Gasteiger charge is -2.16. The van der Waals surface area contributed by atoms with Crippen LogP contribution in [0, 0.1) is 5.82 Å². The minimum atomic E-state index is -0.193. The second kappa shape index (κ2) is 6.31. The van der Waals surface area contributed by atoms with Gasteiger partial charge in [-0.15, -0.1) is 0 Å². The number of rotatable bonds is 6. The first-order chi connectivity index (χ1) is 8.79. The summed E-state index contributed by atoms with van der Waals surface area (Å²) < 4.78 is 13.2. The van der Waals surface area contributed by atoms with Crippen molar-refractivity contribution in [1.29, 1.82) is 0 Å². The first-order valence-corrected chi connectivity index (χ1v) is 6.26. The molecule has 1 unspecified atom stereocenters. The normalized spacial score (nSPS) is 12.6. The summed E-state index contributed by atoms with van der Waals surface area (Å²) in [4.78, 5) is 7.39. The van der Waals surface area contributed by atoms with Crippen LogP contribution in [0.3, 0.4) is 0 Å². The van der Waals surface area contributed by atoms with Gasteiger partial charge in [-0.3, -0.25) is 0 Å².